The van der Waals surface area contributed by atoms with Crippen molar-refractivity contribution in [2.75, 3.05) is 13.7 Å². The summed E-state index contributed by atoms with van der Waals surface area (Å²) >= 11 is 0. The van der Waals surface area contributed by atoms with Gasteiger partial charge in [-0.3, -0.25) is 9.59 Å². The largest absolute Gasteiger partial charge is 0.497 e. The maximum atomic E-state index is 13.0. The van der Waals surface area contributed by atoms with Gasteiger partial charge in [0.25, 0.3) is 11.5 Å². The first kappa shape index (κ1) is 17.8. The van der Waals surface area contributed by atoms with Crippen LogP contribution in [-0.2, 0) is 13.0 Å². The van der Waals surface area contributed by atoms with E-state index in [0.717, 1.165) is 35.3 Å². The van der Waals surface area contributed by atoms with Gasteiger partial charge in [-0.15, -0.1) is 0 Å². The fourth-order valence-corrected chi connectivity index (χ4v) is 3.88. The van der Waals surface area contributed by atoms with Crippen molar-refractivity contribution >= 4 is 5.91 Å². The van der Waals surface area contributed by atoms with Crippen molar-refractivity contribution in [3.05, 3.63) is 75.9 Å². The van der Waals surface area contributed by atoms with E-state index in [-0.39, 0.29) is 11.5 Å². The van der Waals surface area contributed by atoms with Crippen LogP contribution in [-0.4, -0.2) is 29.0 Å². The number of rotatable bonds is 4. The summed E-state index contributed by atoms with van der Waals surface area (Å²) in [4.78, 5) is 27.0. The van der Waals surface area contributed by atoms with Crippen molar-refractivity contribution in [3.63, 3.8) is 0 Å². The second kappa shape index (κ2) is 6.95. The van der Waals surface area contributed by atoms with Crippen molar-refractivity contribution in [3.8, 4) is 17.1 Å². The highest BCUT2D eigenvalue weighted by Gasteiger charge is 2.28. The third kappa shape index (κ3) is 3.35. The fourth-order valence-electron chi connectivity index (χ4n) is 3.88. The maximum absolute atomic E-state index is 13.0. The van der Waals surface area contributed by atoms with Crippen LogP contribution in [0.15, 0.2) is 57.9 Å². The molecular formula is C23H22N2O4. The van der Waals surface area contributed by atoms with E-state index < -0.39 is 0 Å². The zero-order valence-corrected chi connectivity index (χ0v) is 16.3. The Morgan fingerprint density at radius 1 is 1.10 bits per heavy atom. The summed E-state index contributed by atoms with van der Waals surface area (Å²) in [5.41, 5.74) is 3.07. The molecule has 0 N–H and O–H groups in total. The number of amides is 1. The molecule has 6 heteroatoms. The van der Waals surface area contributed by atoms with E-state index in [2.05, 4.69) is 0 Å². The molecule has 1 fully saturated rings. The van der Waals surface area contributed by atoms with Crippen LogP contribution in [0.2, 0.25) is 0 Å². The van der Waals surface area contributed by atoms with Gasteiger partial charge in [-0.2, -0.15) is 0 Å². The zero-order valence-electron chi connectivity index (χ0n) is 16.3. The van der Waals surface area contributed by atoms with Gasteiger partial charge < -0.3 is 18.6 Å². The van der Waals surface area contributed by atoms with E-state index in [1.165, 1.54) is 0 Å². The van der Waals surface area contributed by atoms with Gasteiger partial charge in [0.2, 0.25) is 0 Å². The SMILES string of the molecule is COc1ccc(-c2ccc(C(=O)N3CCc4cc(=O)n(C5CC5)cc4C3)o2)cc1. The summed E-state index contributed by atoms with van der Waals surface area (Å²) < 4.78 is 12.8. The number of hydrogen-bond acceptors (Lipinski definition) is 4. The summed E-state index contributed by atoms with van der Waals surface area (Å²) in [6.45, 7) is 1.08. The lowest BCUT2D eigenvalue weighted by molar-refractivity contribution is 0.0702. The van der Waals surface area contributed by atoms with Gasteiger partial charge in [-0.05, 0) is 66.8 Å². The van der Waals surface area contributed by atoms with E-state index in [1.807, 2.05) is 41.1 Å². The highest BCUT2D eigenvalue weighted by Crippen LogP contribution is 2.34. The van der Waals surface area contributed by atoms with Gasteiger partial charge in [-0.25, -0.2) is 0 Å². The number of pyridine rings is 1. The van der Waals surface area contributed by atoms with Crippen molar-refractivity contribution in [1.82, 2.24) is 9.47 Å². The molecule has 0 radical (unpaired) electrons. The van der Waals surface area contributed by atoms with E-state index in [1.54, 1.807) is 24.1 Å². The van der Waals surface area contributed by atoms with Crippen molar-refractivity contribution in [2.45, 2.75) is 31.8 Å². The molecule has 5 rings (SSSR count). The first-order valence-corrected chi connectivity index (χ1v) is 9.90. The molecule has 0 saturated heterocycles. The van der Waals surface area contributed by atoms with Gasteiger partial charge in [0, 0.05) is 37.0 Å². The lowest BCUT2D eigenvalue weighted by Crippen LogP contribution is -2.37. The predicted molar refractivity (Wildman–Crippen MR) is 108 cm³/mol. The molecule has 1 aliphatic heterocycles. The van der Waals surface area contributed by atoms with Crippen LogP contribution in [0, 0.1) is 0 Å². The molecule has 1 aliphatic carbocycles. The number of nitrogens with zero attached hydrogens (tertiary/aromatic N) is 2. The Labute approximate surface area is 168 Å². The third-order valence-corrected chi connectivity index (χ3v) is 5.69. The first-order chi connectivity index (χ1) is 14.1. The average molecular weight is 390 g/mol. The van der Waals surface area contributed by atoms with Crippen LogP contribution in [0.1, 0.15) is 40.6 Å². The van der Waals surface area contributed by atoms with E-state index in [9.17, 15) is 9.59 Å². The molecule has 1 aromatic carbocycles. The third-order valence-electron chi connectivity index (χ3n) is 5.69. The Morgan fingerprint density at radius 2 is 1.90 bits per heavy atom. The zero-order chi connectivity index (χ0) is 20.0. The molecule has 0 spiro atoms. The molecule has 148 valence electrons. The van der Waals surface area contributed by atoms with Crippen LogP contribution < -0.4 is 10.3 Å². The molecule has 3 heterocycles. The van der Waals surface area contributed by atoms with Crippen molar-refractivity contribution in [2.24, 2.45) is 0 Å². The lowest BCUT2D eigenvalue weighted by atomic mass is 10.0. The minimum atomic E-state index is -0.125. The average Bonchev–Trinajstić information content (AvgIpc) is 3.48. The van der Waals surface area contributed by atoms with Crippen LogP contribution in [0.3, 0.4) is 0 Å². The normalized spacial score (nSPS) is 15.8. The molecule has 0 atom stereocenters. The van der Waals surface area contributed by atoms with Crippen LogP contribution in [0.5, 0.6) is 5.75 Å². The Hall–Kier alpha value is -3.28. The summed E-state index contributed by atoms with van der Waals surface area (Å²) in [5, 5.41) is 0. The summed E-state index contributed by atoms with van der Waals surface area (Å²) in [7, 11) is 1.62. The number of carbonyl (C=O) groups excluding carboxylic acids is 1. The number of benzene rings is 1. The number of furan rings is 1. The van der Waals surface area contributed by atoms with Crippen LogP contribution in [0.25, 0.3) is 11.3 Å². The van der Waals surface area contributed by atoms with Crippen LogP contribution in [0.4, 0.5) is 0 Å². The Kier molecular flexibility index (Phi) is 4.27. The number of ether oxygens (including phenoxy) is 1. The summed E-state index contributed by atoms with van der Waals surface area (Å²) in [5.74, 6) is 1.62. The topological polar surface area (TPSA) is 64.7 Å². The predicted octanol–water partition coefficient (Wildman–Crippen LogP) is 3.65. The Morgan fingerprint density at radius 3 is 2.62 bits per heavy atom. The van der Waals surface area contributed by atoms with E-state index >= 15 is 0 Å². The van der Waals surface area contributed by atoms with E-state index in [4.69, 9.17) is 9.15 Å². The van der Waals surface area contributed by atoms with E-state index in [0.29, 0.717) is 37.1 Å². The molecule has 1 amide bonds. The van der Waals surface area contributed by atoms with Crippen LogP contribution >= 0.6 is 0 Å². The second-order valence-corrected chi connectivity index (χ2v) is 7.67. The standard InChI is InChI=1S/C23H22N2O4/c1-28-19-6-2-15(3-7-19)20-8-9-21(29-20)23(27)24-11-10-16-12-22(26)25(18-4-5-18)14-17(16)13-24/h2-3,6-9,12,14,18H,4-5,10-11,13H2,1H3. The van der Waals surface area contributed by atoms with Crippen molar-refractivity contribution in [1.29, 1.82) is 0 Å². The highest BCUT2D eigenvalue weighted by atomic mass is 16.5. The van der Waals surface area contributed by atoms with Gasteiger partial charge >= 0.3 is 0 Å². The van der Waals surface area contributed by atoms with Gasteiger partial charge in [-0.1, -0.05) is 0 Å². The number of fused-ring (bicyclic) bond motifs is 1. The molecular weight excluding hydrogens is 368 g/mol. The molecule has 0 bridgehead atoms. The molecule has 2 aliphatic rings. The molecule has 3 aromatic rings. The molecule has 6 nitrogen and oxygen atoms in total. The number of aromatic nitrogens is 1. The lowest BCUT2D eigenvalue weighted by Gasteiger charge is -2.28. The number of hydrogen-bond donors (Lipinski definition) is 0. The van der Waals surface area contributed by atoms with Crippen molar-refractivity contribution < 1.29 is 13.9 Å². The Bertz CT molecular complexity index is 1120. The quantitative estimate of drug-likeness (QED) is 0.682. The molecule has 0 unspecified atom stereocenters. The fraction of sp³-hybridized carbons (Fsp3) is 0.304. The monoisotopic (exact) mass is 390 g/mol. The minimum Gasteiger partial charge on any atom is -0.497 e. The first-order valence-electron chi connectivity index (χ1n) is 9.90. The van der Waals surface area contributed by atoms with Gasteiger partial charge in [0.1, 0.15) is 11.5 Å². The summed E-state index contributed by atoms with van der Waals surface area (Å²) in [6, 6.07) is 13.1. The minimum absolute atomic E-state index is 0.0706. The number of carbonyl (C=O) groups is 1. The van der Waals surface area contributed by atoms with Gasteiger partial charge in [0.15, 0.2) is 5.76 Å². The van der Waals surface area contributed by atoms with Gasteiger partial charge in [0.05, 0.1) is 7.11 Å². The Balaban J connectivity index is 1.36. The molecule has 29 heavy (non-hydrogen) atoms. The second-order valence-electron chi connectivity index (χ2n) is 7.67. The number of methoxy groups -OCH3 is 1. The maximum Gasteiger partial charge on any atom is 0.289 e. The smallest absolute Gasteiger partial charge is 0.289 e. The molecule has 1 saturated carbocycles. The summed E-state index contributed by atoms with van der Waals surface area (Å²) in [6.07, 6.45) is 4.75. The highest BCUT2D eigenvalue weighted by molar-refractivity contribution is 5.92. The molecule has 2 aromatic heterocycles.